The minimum Gasteiger partial charge on any atom is -0.379 e. The number of ether oxygens (including phenoxy) is 1. The Morgan fingerprint density at radius 1 is 1.35 bits per heavy atom. The van der Waals surface area contributed by atoms with Gasteiger partial charge in [-0.1, -0.05) is 5.16 Å². The zero-order valence-corrected chi connectivity index (χ0v) is 12.2. The molecule has 2 bridgehead atoms. The zero-order chi connectivity index (χ0) is 13.9. The van der Waals surface area contributed by atoms with Crippen molar-refractivity contribution in [2.45, 2.75) is 44.6 Å². The molecule has 5 atom stereocenters. The Bertz CT molecular complexity index is 497. The quantitative estimate of drug-likeness (QED) is 0.891. The predicted octanol–water partition coefficient (Wildman–Crippen LogP) is 2.04. The zero-order valence-electron chi connectivity index (χ0n) is 12.2. The van der Waals surface area contributed by atoms with Crippen LogP contribution in [0.25, 0.3) is 0 Å². The standard InChI is InChI=1S/C15H23N3O2/c1-3-19-7-15(2,16)14-17-13(20-18-14)12-10-8-4-5-9(6-8)11(10)12/h8-12H,3-7,16H2,1-2H3. The van der Waals surface area contributed by atoms with Crippen LogP contribution in [-0.2, 0) is 10.3 Å². The van der Waals surface area contributed by atoms with Crippen LogP contribution >= 0.6 is 0 Å². The molecule has 1 heterocycles. The molecule has 0 saturated heterocycles. The molecule has 0 radical (unpaired) electrons. The molecular weight excluding hydrogens is 254 g/mol. The third-order valence-electron chi connectivity index (χ3n) is 5.58. The molecule has 3 aliphatic rings. The molecule has 5 heteroatoms. The molecule has 1 aromatic rings. The summed E-state index contributed by atoms with van der Waals surface area (Å²) in [4.78, 5) is 4.59. The van der Waals surface area contributed by atoms with Crippen LogP contribution in [0.15, 0.2) is 4.52 Å². The van der Waals surface area contributed by atoms with Crippen LogP contribution in [-0.4, -0.2) is 23.4 Å². The Morgan fingerprint density at radius 2 is 2.05 bits per heavy atom. The molecule has 5 nitrogen and oxygen atoms in total. The number of nitrogens with zero attached hydrogens (tertiary/aromatic N) is 2. The monoisotopic (exact) mass is 277 g/mol. The third kappa shape index (κ3) is 1.76. The predicted molar refractivity (Wildman–Crippen MR) is 72.9 cm³/mol. The van der Waals surface area contributed by atoms with Gasteiger partial charge in [-0.2, -0.15) is 4.98 Å². The first kappa shape index (κ1) is 12.8. The molecule has 3 fully saturated rings. The molecular formula is C15H23N3O2. The fraction of sp³-hybridized carbons (Fsp3) is 0.867. The van der Waals surface area contributed by atoms with E-state index in [4.69, 9.17) is 15.0 Å². The van der Waals surface area contributed by atoms with Crippen molar-refractivity contribution >= 4 is 0 Å². The molecule has 110 valence electrons. The molecule has 2 N–H and O–H groups in total. The van der Waals surface area contributed by atoms with E-state index in [0.29, 0.717) is 25.0 Å². The van der Waals surface area contributed by atoms with Crippen molar-refractivity contribution in [1.29, 1.82) is 0 Å². The molecule has 0 amide bonds. The van der Waals surface area contributed by atoms with E-state index in [1.165, 1.54) is 19.3 Å². The summed E-state index contributed by atoms with van der Waals surface area (Å²) in [6.07, 6.45) is 4.25. The Labute approximate surface area is 119 Å². The average Bonchev–Trinajstić information content (AvgIpc) is 2.87. The summed E-state index contributed by atoms with van der Waals surface area (Å²) in [5.74, 6) is 5.38. The van der Waals surface area contributed by atoms with Gasteiger partial charge >= 0.3 is 0 Å². The highest BCUT2D eigenvalue weighted by Crippen LogP contribution is 2.72. The minimum absolute atomic E-state index is 0.422. The van der Waals surface area contributed by atoms with Crippen LogP contribution in [0.4, 0.5) is 0 Å². The lowest BCUT2D eigenvalue weighted by molar-refractivity contribution is 0.0962. The average molecular weight is 277 g/mol. The highest BCUT2D eigenvalue weighted by atomic mass is 16.5. The van der Waals surface area contributed by atoms with Crippen molar-refractivity contribution in [3.63, 3.8) is 0 Å². The van der Waals surface area contributed by atoms with E-state index in [9.17, 15) is 0 Å². The van der Waals surface area contributed by atoms with Crippen LogP contribution in [0.3, 0.4) is 0 Å². The van der Waals surface area contributed by atoms with Gasteiger partial charge in [-0.05, 0) is 56.8 Å². The van der Waals surface area contributed by atoms with E-state index in [2.05, 4.69) is 10.1 Å². The van der Waals surface area contributed by atoms with Gasteiger partial charge in [-0.15, -0.1) is 0 Å². The van der Waals surface area contributed by atoms with E-state index in [1.54, 1.807) is 0 Å². The molecule has 5 unspecified atom stereocenters. The van der Waals surface area contributed by atoms with Gasteiger partial charge in [0, 0.05) is 12.5 Å². The van der Waals surface area contributed by atoms with Crippen molar-refractivity contribution in [2.75, 3.05) is 13.2 Å². The fourth-order valence-corrected chi connectivity index (χ4v) is 4.64. The maximum absolute atomic E-state index is 6.23. The summed E-state index contributed by atoms with van der Waals surface area (Å²) >= 11 is 0. The van der Waals surface area contributed by atoms with Gasteiger partial charge in [0.2, 0.25) is 5.89 Å². The fourth-order valence-electron chi connectivity index (χ4n) is 4.64. The molecule has 3 saturated carbocycles. The molecule has 0 aromatic carbocycles. The summed E-state index contributed by atoms with van der Waals surface area (Å²) in [5.41, 5.74) is 5.56. The summed E-state index contributed by atoms with van der Waals surface area (Å²) in [6, 6.07) is 0. The summed E-state index contributed by atoms with van der Waals surface area (Å²) < 4.78 is 10.9. The second-order valence-corrected chi connectivity index (χ2v) is 7.02. The van der Waals surface area contributed by atoms with Gasteiger partial charge in [-0.25, -0.2) is 0 Å². The Kier molecular flexibility index (Phi) is 2.73. The van der Waals surface area contributed by atoms with Crippen molar-refractivity contribution < 1.29 is 9.26 Å². The summed E-state index contributed by atoms with van der Waals surface area (Å²) in [6.45, 7) is 4.92. The first-order valence-corrected chi connectivity index (χ1v) is 7.82. The van der Waals surface area contributed by atoms with Gasteiger partial charge in [0.25, 0.3) is 0 Å². The minimum atomic E-state index is -0.666. The van der Waals surface area contributed by atoms with Gasteiger partial charge in [0.15, 0.2) is 5.82 Å². The molecule has 0 aliphatic heterocycles. The number of nitrogens with two attached hydrogens (primary N) is 1. The van der Waals surface area contributed by atoms with Crippen LogP contribution < -0.4 is 5.73 Å². The number of aromatic nitrogens is 2. The maximum atomic E-state index is 6.23. The number of hydrogen-bond donors (Lipinski definition) is 1. The Morgan fingerprint density at radius 3 is 2.70 bits per heavy atom. The van der Waals surface area contributed by atoms with Gasteiger partial charge in [-0.3, -0.25) is 0 Å². The number of rotatable bonds is 5. The van der Waals surface area contributed by atoms with E-state index in [-0.39, 0.29) is 0 Å². The molecule has 3 aliphatic carbocycles. The van der Waals surface area contributed by atoms with Crippen LogP contribution in [0.1, 0.15) is 50.7 Å². The highest BCUT2D eigenvalue weighted by Gasteiger charge is 2.67. The molecule has 4 rings (SSSR count). The SMILES string of the molecule is CCOCC(C)(N)c1noc(C2C3C4CCC(C4)C23)n1. The van der Waals surface area contributed by atoms with Gasteiger partial charge in [0.05, 0.1) is 6.61 Å². The topological polar surface area (TPSA) is 74.2 Å². The number of hydrogen-bond acceptors (Lipinski definition) is 5. The third-order valence-corrected chi connectivity index (χ3v) is 5.58. The van der Waals surface area contributed by atoms with Crippen molar-refractivity contribution in [3.05, 3.63) is 11.7 Å². The van der Waals surface area contributed by atoms with Crippen molar-refractivity contribution in [1.82, 2.24) is 10.1 Å². The summed E-state index contributed by atoms with van der Waals surface area (Å²) in [7, 11) is 0. The summed E-state index contributed by atoms with van der Waals surface area (Å²) in [5, 5.41) is 4.11. The van der Waals surface area contributed by atoms with E-state index < -0.39 is 5.54 Å². The van der Waals surface area contributed by atoms with Crippen molar-refractivity contribution in [2.24, 2.45) is 29.4 Å². The Hall–Kier alpha value is -0.940. The Balaban J connectivity index is 1.49. The molecule has 20 heavy (non-hydrogen) atoms. The van der Waals surface area contributed by atoms with E-state index in [1.807, 2.05) is 13.8 Å². The first-order valence-electron chi connectivity index (χ1n) is 7.82. The first-order chi connectivity index (χ1) is 9.62. The smallest absolute Gasteiger partial charge is 0.230 e. The largest absolute Gasteiger partial charge is 0.379 e. The second-order valence-electron chi connectivity index (χ2n) is 7.02. The maximum Gasteiger partial charge on any atom is 0.230 e. The van der Waals surface area contributed by atoms with E-state index >= 15 is 0 Å². The van der Waals surface area contributed by atoms with Crippen molar-refractivity contribution in [3.8, 4) is 0 Å². The lowest BCUT2D eigenvalue weighted by atomic mass is 10.0. The number of fused-ring (bicyclic) bond motifs is 5. The normalized spacial score (nSPS) is 40.6. The van der Waals surface area contributed by atoms with E-state index in [0.717, 1.165) is 29.6 Å². The molecule has 1 aromatic heterocycles. The van der Waals surface area contributed by atoms with Crippen LogP contribution in [0.5, 0.6) is 0 Å². The van der Waals surface area contributed by atoms with Crippen LogP contribution in [0.2, 0.25) is 0 Å². The van der Waals surface area contributed by atoms with Gasteiger partial charge in [0.1, 0.15) is 5.54 Å². The lowest BCUT2D eigenvalue weighted by Gasteiger charge is -2.19. The highest BCUT2D eigenvalue weighted by molar-refractivity contribution is 5.23. The molecule has 0 spiro atoms. The second kappa shape index (κ2) is 4.28. The lowest BCUT2D eigenvalue weighted by Crippen LogP contribution is -2.39. The van der Waals surface area contributed by atoms with Gasteiger partial charge < -0.3 is 15.0 Å². The van der Waals surface area contributed by atoms with Crippen LogP contribution in [0, 0.1) is 23.7 Å².